The van der Waals surface area contributed by atoms with Crippen LogP contribution in [0.25, 0.3) is 0 Å². The van der Waals surface area contributed by atoms with Crippen LogP contribution in [0.5, 0.6) is 5.75 Å². The van der Waals surface area contributed by atoms with Crippen molar-refractivity contribution in [3.05, 3.63) is 60.2 Å². The molecule has 0 aliphatic heterocycles. The van der Waals surface area contributed by atoms with E-state index in [9.17, 15) is 4.79 Å². The number of rotatable bonds is 5. The molecule has 0 aliphatic rings. The molecule has 0 saturated heterocycles. The molecule has 0 bridgehead atoms. The Hall–Kier alpha value is -2.29. The molecule has 1 amide bonds. The first-order valence-electron chi connectivity index (χ1n) is 8.00. The Morgan fingerprint density at radius 2 is 1.61 bits per heavy atom. The Morgan fingerprint density at radius 3 is 2.13 bits per heavy atom. The highest BCUT2D eigenvalue weighted by molar-refractivity contribution is 5.94. The van der Waals surface area contributed by atoms with Gasteiger partial charge in [0.25, 0.3) is 5.91 Å². The Labute approximate surface area is 138 Å². The molecule has 0 N–H and O–H groups in total. The zero-order valence-electron chi connectivity index (χ0n) is 14.4. The van der Waals surface area contributed by atoms with Crippen molar-refractivity contribution in [2.24, 2.45) is 0 Å². The van der Waals surface area contributed by atoms with Gasteiger partial charge in [0.15, 0.2) is 6.61 Å². The first-order chi connectivity index (χ1) is 10.9. The van der Waals surface area contributed by atoms with Gasteiger partial charge in [0.05, 0.1) is 0 Å². The lowest BCUT2D eigenvalue weighted by Gasteiger charge is -2.21. The molecule has 0 heterocycles. The highest BCUT2D eigenvalue weighted by Crippen LogP contribution is 2.24. The van der Waals surface area contributed by atoms with Crippen LogP contribution in [-0.4, -0.2) is 19.1 Å². The Kier molecular flexibility index (Phi) is 5.43. The summed E-state index contributed by atoms with van der Waals surface area (Å²) in [6.45, 7) is 9.14. The Morgan fingerprint density at radius 1 is 1.00 bits per heavy atom. The van der Waals surface area contributed by atoms with Crippen molar-refractivity contribution in [3.63, 3.8) is 0 Å². The lowest BCUT2D eigenvalue weighted by atomic mass is 9.87. The highest BCUT2D eigenvalue weighted by Gasteiger charge is 2.15. The van der Waals surface area contributed by atoms with Gasteiger partial charge in [-0.25, -0.2) is 0 Å². The van der Waals surface area contributed by atoms with Gasteiger partial charge in [0, 0.05) is 12.2 Å². The van der Waals surface area contributed by atoms with Crippen molar-refractivity contribution in [2.75, 3.05) is 18.1 Å². The van der Waals surface area contributed by atoms with Crippen LogP contribution in [0.2, 0.25) is 0 Å². The van der Waals surface area contributed by atoms with Crippen LogP contribution in [0.1, 0.15) is 33.3 Å². The number of carbonyl (C=O) groups excluding carboxylic acids is 1. The summed E-state index contributed by atoms with van der Waals surface area (Å²) >= 11 is 0. The molecule has 2 aromatic rings. The monoisotopic (exact) mass is 311 g/mol. The zero-order valence-corrected chi connectivity index (χ0v) is 14.4. The van der Waals surface area contributed by atoms with Crippen LogP contribution in [0, 0.1) is 0 Å². The quantitative estimate of drug-likeness (QED) is 0.818. The molecule has 3 nitrogen and oxygen atoms in total. The maximum atomic E-state index is 12.4. The fourth-order valence-corrected chi connectivity index (χ4v) is 2.39. The van der Waals surface area contributed by atoms with E-state index in [-0.39, 0.29) is 17.9 Å². The number of ether oxygens (including phenoxy) is 1. The molecular weight excluding hydrogens is 286 g/mol. The number of likely N-dealkylation sites (N-methyl/N-ethyl adjacent to an activating group) is 1. The van der Waals surface area contributed by atoms with E-state index in [1.165, 1.54) is 5.56 Å². The van der Waals surface area contributed by atoms with E-state index in [0.717, 1.165) is 11.4 Å². The molecule has 0 saturated carbocycles. The third-order valence-electron chi connectivity index (χ3n) is 3.77. The molecule has 0 fully saturated rings. The van der Waals surface area contributed by atoms with Crippen molar-refractivity contribution >= 4 is 11.6 Å². The summed E-state index contributed by atoms with van der Waals surface area (Å²) < 4.78 is 5.65. The number of nitrogens with zero attached hydrogens (tertiary/aromatic N) is 1. The minimum atomic E-state index is -0.0430. The number of hydrogen-bond acceptors (Lipinski definition) is 2. The molecule has 2 aromatic carbocycles. The zero-order chi connectivity index (χ0) is 16.9. The SMILES string of the molecule is CCN(C(=O)COc1ccc(C(C)(C)C)cc1)c1ccccc1. The van der Waals surface area contributed by atoms with Gasteiger partial charge in [-0.2, -0.15) is 0 Å². The molecule has 0 unspecified atom stereocenters. The number of para-hydroxylation sites is 1. The number of carbonyl (C=O) groups is 1. The average Bonchev–Trinajstić information content (AvgIpc) is 2.54. The third kappa shape index (κ3) is 4.59. The molecular formula is C20H25NO2. The highest BCUT2D eigenvalue weighted by atomic mass is 16.5. The smallest absolute Gasteiger partial charge is 0.264 e. The van der Waals surface area contributed by atoms with Crippen LogP contribution >= 0.6 is 0 Å². The Balaban J connectivity index is 1.98. The fraction of sp³-hybridized carbons (Fsp3) is 0.350. The molecule has 0 aromatic heterocycles. The summed E-state index contributed by atoms with van der Waals surface area (Å²) in [4.78, 5) is 14.1. The molecule has 0 atom stereocenters. The van der Waals surface area contributed by atoms with E-state index < -0.39 is 0 Å². The van der Waals surface area contributed by atoms with Crippen molar-refractivity contribution < 1.29 is 9.53 Å². The van der Waals surface area contributed by atoms with E-state index in [2.05, 4.69) is 32.9 Å². The molecule has 23 heavy (non-hydrogen) atoms. The second kappa shape index (κ2) is 7.32. The van der Waals surface area contributed by atoms with Crippen molar-refractivity contribution in [1.29, 1.82) is 0 Å². The summed E-state index contributed by atoms with van der Waals surface area (Å²) in [5.41, 5.74) is 2.25. The van der Waals surface area contributed by atoms with Gasteiger partial charge in [-0.05, 0) is 42.2 Å². The molecule has 0 aliphatic carbocycles. The Bertz CT molecular complexity index is 627. The standard InChI is InChI=1S/C20H25NO2/c1-5-21(17-9-7-6-8-10-17)19(22)15-23-18-13-11-16(12-14-18)20(2,3)4/h6-14H,5,15H2,1-4H3. The van der Waals surface area contributed by atoms with Gasteiger partial charge in [0.2, 0.25) is 0 Å². The van der Waals surface area contributed by atoms with E-state index in [1.54, 1.807) is 4.90 Å². The van der Waals surface area contributed by atoms with E-state index >= 15 is 0 Å². The van der Waals surface area contributed by atoms with Crippen molar-refractivity contribution in [2.45, 2.75) is 33.1 Å². The first-order valence-corrected chi connectivity index (χ1v) is 8.00. The van der Waals surface area contributed by atoms with Crippen molar-refractivity contribution in [3.8, 4) is 5.75 Å². The van der Waals surface area contributed by atoms with Gasteiger partial charge in [0.1, 0.15) is 5.75 Å². The summed E-state index contributed by atoms with van der Waals surface area (Å²) in [5, 5.41) is 0. The van der Waals surface area contributed by atoms with Gasteiger partial charge < -0.3 is 9.64 Å². The van der Waals surface area contributed by atoms with Crippen LogP contribution in [0.4, 0.5) is 5.69 Å². The lowest BCUT2D eigenvalue weighted by Crippen LogP contribution is -2.34. The molecule has 3 heteroatoms. The maximum absolute atomic E-state index is 12.4. The predicted octanol–water partition coefficient (Wildman–Crippen LogP) is 4.42. The van der Waals surface area contributed by atoms with Gasteiger partial charge >= 0.3 is 0 Å². The minimum Gasteiger partial charge on any atom is -0.484 e. The third-order valence-corrected chi connectivity index (χ3v) is 3.77. The van der Waals surface area contributed by atoms with E-state index in [4.69, 9.17) is 4.74 Å². The molecule has 2 rings (SSSR count). The van der Waals surface area contributed by atoms with E-state index in [1.807, 2.05) is 49.4 Å². The summed E-state index contributed by atoms with van der Waals surface area (Å²) in [5.74, 6) is 0.675. The normalized spacial score (nSPS) is 11.1. The van der Waals surface area contributed by atoms with Crippen LogP contribution in [-0.2, 0) is 10.2 Å². The second-order valence-corrected chi connectivity index (χ2v) is 6.54. The summed E-state index contributed by atoms with van der Waals surface area (Å²) in [6, 6.07) is 17.6. The molecule has 0 spiro atoms. The van der Waals surface area contributed by atoms with Gasteiger partial charge in [-0.15, -0.1) is 0 Å². The van der Waals surface area contributed by atoms with Crippen LogP contribution in [0.15, 0.2) is 54.6 Å². The summed E-state index contributed by atoms with van der Waals surface area (Å²) in [6.07, 6.45) is 0. The second-order valence-electron chi connectivity index (χ2n) is 6.54. The van der Waals surface area contributed by atoms with Gasteiger partial charge in [-0.1, -0.05) is 51.1 Å². The molecule has 122 valence electrons. The van der Waals surface area contributed by atoms with E-state index in [0.29, 0.717) is 6.54 Å². The minimum absolute atomic E-state index is 0.0393. The average molecular weight is 311 g/mol. The van der Waals surface area contributed by atoms with Crippen LogP contribution in [0.3, 0.4) is 0 Å². The molecule has 0 radical (unpaired) electrons. The number of benzene rings is 2. The first kappa shape index (κ1) is 17.1. The maximum Gasteiger partial charge on any atom is 0.264 e. The van der Waals surface area contributed by atoms with Gasteiger partial charge in [-0.3, -0.25) is 4.79 Å². The summed E-state index contributed by atoms with van der Waals surface area (Å²) in [7, 11) is 0. The largest absolute Gasteiger partial charge is 0.484 e. The van der Waals surface area contributed by atoms with Crippen LogP contribution < -0.4 is 9.64 Å². The number of anilines is 1. The fourth-order valence-electron chi connectivity index (χ4n) is 2.39. The topological polar surface area (TPSA) is 29.5 Å². The van der Waals surface area contributed by atoms with Crippen molar-refractivity contribution in [1.82, 2.24) is 0 Å². The predicted molar refractivity (Wildman–Crippen MR) is 95.1 cm³/mol. The lowest BCUT2D eigenvalue weighted by molar-refractivity contribution is -0.120. The number of amides is 1. The number of hydrogen-bond donors (Lipinski definition) is 0.